The zero-order chi connectivity index (χ0) is 16.3. The van der Waals surface area contributed by atoms with Crippen molar-refractivity contribution in [3.8, 4) is 6.07 Å². The van der Waals surface area contributed by atoms with Gasteiger partial charge in [-0.2, -0.15) is 5.26 Å². The highest BCUT2D eigenvalue weighted by atomic mass is 19.1. The molecule has 0 atom stereocenters. The highest BCUT2D eigenvalue weighted by molar-refractivity contribution is 6.63. The third-order valence-corrected chi connectivity index (χ3v) is 5.20. The summed E-state index contributed by atoms with van der Waals surface area (Å²) in [6.07, 6.45) is 1.07. The first kappa shape index (κ1) is 15.5. The smallest absolute Gasteiger partial charge is 0.399 e. The Labute approximate surface area is 131 Å². The van der Waals surface area contributed by atoms with Crippen molar-refractivity contribution in [3.05, 3.63) is 28.8 Å². The van der Waals surface area contributed by atoms with Gasteiger partial charge >= 0.3 is 7.12 Å². The molecule has 1 aromatic carbocycles. The van der Waals surface area contributed by atoms with Gasteiger partial charge in [-0.1, -0.05) is 6.07 Å². The number of benzene rings is 1. The zero-order valence-electron chi connectivity index (χ0n) is 13.8. The SMILES string of the molecule is Cc1cc(C2(F)CC2)cc(C#N)c1B1OC(C)(C)C(C)(C)O1. The molecular weight excluding hydrogens is 280 g/mol. The maximum absolute atomic E-state index is 14.3. The van der Waals surface area contributed by atoms with Gasteiger partial charge in [-0.25, -0.2) is 4.39 Å². The Balaban J connectivity index is 2.04. The first-order valence-electron chi connectivity index (χ1n) is 7.69. The molecule has 1 saturated heterocycles. The molecule has 2 fully saturated rings. The van der Waals surface area contributed by atoms with E-state index < -0.39 is 24.0 Å². The fraction of sp³-hybridized carbons (Fsp3) is 0.588. The Morgan fingerprint density at radius 2 is 1.68 bits per heavy atom. The van der Waals surface area contributed by atoms with E-state index >= 15 is 0 Å². The standard InChI is InChI=1S/C17H21BFNO2/c1-11-8-13(17(19)6-7-17)9-12(10-20)14(11)18-21-15(2,3)16(4,5)22-18/h8-9H,6-7H2,1-5H3. The monoisotopic (exact) mass is 301 g/mol. The summed E-state index contributed by atoms with van der Waals surface area (Å²) >= 11 is 0. The van der Waals surface area contributed by atoms with Crippen molar-refractivity contribution in [1.82, 2.24) is 0 Å². The van der Waals surface area contributed by atoms with Crippen LogP contribution in [0.3, 0.4) is 0 Å². The molecule has 1 heterocycles. The average molecular weight is 301 g/mol. The minimum Gasteiger partial charge on any atom is -0.399 e. The summed E-state index contributed by atoms with van der Waals surface area (Å²) in [6, 6.07) is 5.66. The molecule has 1 saturated carbocycles. The molecule has 0 aromatic heterocycles. The van der Waals surface area contributed by atoms with Crippen LogP contribution in [0.4, 0.5) is 4.39 Å². The molecule has 22 heavy (non-hydrogen) atoms. The topological polar surface area (TPSA) is 42.2 Å². The molecule has 1 aromatic rings. The predicted octanol–water partition coefficient (Wildman–Crippen LogP) is 3.12. The lowest BCUT2D eigenvalue weighted by Gasteiger charge is -2.32. The largest absolute Gasteiger partial charge is 0.496 e. The van der Waals surface area contributed by atoms with E-state index in [0.29, 0.717) is 29.4 Å². The molecular formula is C17H21BFNO2. The van der Waals surface area contributed by atoms with Crippen LogP contribution in [0.5, 0.6) is 0 Å². The van der Waals surface area contributed by atoms with Crippen LogP contribution in [0, 0.1) is 18.3 Å². The highest BCUT2D eigenvalue weighted by Crippen LogP contribution is 2.49. The molecule has 2 aliphatic rings. The fourth-order valence-electron chi connectivity index (χ4n) is 2.82. The number of rotatable bonds is 2. The van der Waals surface area contributed by atoms with Crippen LogP contribution >= 0.6 is 0 Å². The third-order valence-electron chi connectivity index (χ3n) is 5.20. The predicted molar refractivity (Wildman–Crippen MR) is 83.6 cm³/mol. The van der Waals surface area contributed by atoms with Crippen LogP contribution in [0.1, 0.15) is 57.2 Å². The van der Waals surface area contributed by atoms with Gasteiger partial charge < -0.3 is 9.31 Å². The van der Waals surface area contributed by atoms with Crippen molar-refractivity contribution in [2.75, 3.05) is 0 Å². The number of aryl methyl sites for hydroxylation is 1. The van der Waals surface area contributed by atoms with Gasteiger partial charge in [-0.05, 0) is 64.7 Å². The maximum atomic E-state index is 14.3. The Morgan fingerprint density at radius 1 is 1.14 bits per heavy atom. The fourth-order valence-corrected chi connectivity index (χ4v) is 2.82. The number of hydrogen-bond donors (Lipinski definition) is 0. The van der Waals surface area contributed by atoms with Gasteiger partial charge in [0.05, 0.1) is 22.8 Å². The molecule has 116 valence electrons. The molecule has 0 bridgehead atoms. The number of nitriles is 1. The van der Waals surface area contributed by atoms with E-state index in [2.05, 4.69) is 6.07 Å². The number of hydrogen-bond acceptors (Lipinski definition) is 3. The molecule has 0 spiro atoms. The summed E-state index contributed by atoms with van der Waals surface area (Å²) in [5.74, 6) is 0. The Kier molecular flexibility index (Phi) is 3.22. The Hall–Kier alpha value is -1.38. The van der Waals surface area contributed by atoms with Crippen LogP contribution < -0.4 is 5.46 Å². The second-order valence-corrected chi connectivity index (χ2v) is 7.42. The lowest BCUT2D eigenvalue weighted by molar-refractivity contribution is 0.00578. The molecule has 1 aliphatic carbocycles. The van der Waals surface area contributed by atoms with Crippen LogP contribution in [-0.2, 0) is 15.0 Å². The Morgan fingerprint density at radius 3 is 2.14 bits per heavy atom. The van der Waals surface area contributed by atoms with Gasteiger partial charge in [0.15, 0.2) is 0 Å². The molecule has 0 N–H and O–H groups in total. The zero-order valence-corrected chi connectivity index (χ0v) is 13.8. The van der Waals surface area contributed by atoms with Gasteiger partial charge in [-0.3, -0.25) is 0 Å². The quantitative estimate of drug-likeness (QED) is 0.788. The second kappa shape index (κ2) is 4.56. The summed E-state index contributed by atoms with van der Waals surface area (Å²) in [6.45, 7) is 9.79. The van der Waals surface area contributed by atoms with Crippen molar-refractivity contribution in [1.29, 1.82) is 5.26 Å². The van der Waals surface area contributed by atoms with Gasteiger partial charge in [-0.15, -0.1) is 0 Å². The van der Waals surface area contributed by atoms with E-state index in [1.807, 2.05) is 40.7 Å². The van der Waals surface area contributed by atoms with Crippen LogP contribution in [0.15, 0.2) is 12.1 Å². The van der Waals surface area contributed by atoms with E-state index in [9.17, 15) is 9.65 Å². The summed E-state index contributed by atoms with van der Waals surface area (Å²) in [7, 11) is -0.594. The highest BCUT2D eigenvalue weighted by Gasteiger charge is 2.53. The molecule has 0 unspecified atom stereocenters. The summed E-state index contributed by atoms with van der Waals surface area (Å²) < 4.78 is 26.4. The lowest BCUT2D eigenvalue weighted by atomic mass is 9.72. The van der Waals surface area contributed by atoms with E-state index in [1.165, 1.54) is 0 Å². The molecule has 5 heteroatoms. The summed E-state index contributed by atoms with van der Waals surface area (Å²) in [4.78, 5) is 0. The maximum Gasteiger partial charge on any atom is 0.496 e. The minimum absolute atomic E-state index is 0.442. The van der Waals surface area contributed by atoms with Crippen LogP contribution in [-0.4, -0.2) is 18.3 Å². The van der Waals surface area contributed by atoms with Gasteiger partial charge in [0.2, 0.25) is 0 Å². The first-order chi connectivity index (χ1) is 10.1. The molecule has 1 aliphatic heterocycles. The average Bonchev–Trinajstić information content (AvgIpc) is 3.10. The van der Waals surface area contributed by atoms with Crippen molar-refractivity contribution in [2.24, 2.45) is 0 Å². The number of alkyl halides is 1. The van der Waals surface area contributed by atoms with Crippen molar-refractivity contribution < 1.29 is 13.7 Å². The second-order valence-electron chi connectivity index (χ2n) is 7.42. The molecule has 3 nitrogen and oxygen atoms in total. The van der Waals surface area contributed by atoms with E-state index in [0.717, 1.165) is 5.56 Å². The normalized spacial score (nSPS) is 24.1. The minimum atomic E-state index is -1.25. The number of halogens is 1. The van der Waals surface area contributed by atoms with E-state index in [-0.39, 0.29) is 0 Å². The van der Waals surface area contributed by atoms with Crippen LogP contribution in [0.25, 0.3) is 0 Å². The summed E-state index contributed by atoms with van der Waals surface area (Å²) in [5, 5.41) is 9.49. The Bertz CT molecular complexity index is 658. The lowest BCUT2D eigenvalue weighted by Crippen LogP contribution is -2.41. The van der Waals surface area contributed by atoms with Crippen LogP contribution in [0.2, 0.25) is 0 Å². The first-order valence-corrected chi connectivity index (χ1v) is 7.69. The third kappa shape index (κ3) is 2.26. The van der Waals surface area contributed by atoms with Gasteiger partial charge in [0.25, 0.3) is 0 Å². The molecule has 0 amide bonds. The van der Waals surface area contributed by atoms with E-state index in [1.54, 1.807) is 6.07 Å². The molecule has 3 rings (SSSR count). The van der Waals surface area contributed by atoms with Gasteiger partial charge in [0.1, 0.15) is 5.67 Å². The molecule has 0 radical (unpaired) electrons. The van der Waals surface area contributed by atoms with Crippen molar-refractivity contribution >= 4 is 12.6 Å². The number of nitrogens with zero attached hydrogens (tertiary/aromatic N) is 1. The van der Waals surface area contributed by atoms with Gasteiger partial charge in [0, 0.05) is 5.46 Å². The summed E-state index contributed by atoms with van der Waals surface area (Å²) in [5.41, 5.74) is 0.427. The van der Waals surface area contributed by atoms with Crippen molar-refractivity contribution in [2.45, 2.75) is 64.3 Å². The van der Waals surface area contributed by atoms with E-state index in [4.69, 9.17) is 9.31 Å². The van der Waals surface area contributed by atoms with Crippen molar-refractivity contribution in [3.63, 3.8) is 0 Å².